The van der Waals surface area contributed by atoms with E-state index in [4.69, 9.17) is 16.9 Å². The van der Waals surface area contributed by atoms with Crippen molar-refractivity contribution in [2.45, 2.75) is 6.04 Å². The minimum absolute atomic E-state index is 0.0826. The van der Waals surface area contributed by atoms with E-state index in [0.717, 1.165) is 11.8 Å². The maximum absolute atomic E-state index is 13.0. The molecule has 1 amide bonds. The van der Waals surface area contributed by atoms with E-state index in [1.165, 1.54) is 17.0 Å². The quantitative estimate of drug-likeness (QED) is 0.796. The Bertz CT molecular complexity index is 517. The molecule has 1 saturated heterocycles. The summed E-state index contributed by atoms with van der Waals surface area (Å²) in [5, 5.41) is 8.93. The average molecular weight is 285 g/mol. The molecule has 1 aliphatic rings. The van der Waals surface area contributed by atoms with E-state index < -0.39 is 11.9 Å². The van der Waals surface area contributed by atoms with Gasteiger partial charge in [-0.15, -0.1) is 0 Å². The molecule has 6 heteroatoms. The van der Waals surface area contributed by atoms with E-state index >= 15 is 0 Å². The van der Waals surface area contributed by atoms with Crippen LogP contribution in [0.1, 0.15) is 10.4 Å². The summed E-state index contributed by atoms with van der Waals surface area (Å²) in [6, 6.07) is 5.53. The summed E-state index contributed by atoms with van der Waals surface area (Å²) in [4.78, 5) is 13.7. The SMILES string of the molecule is N#C[C@H]1CSCCN1C(=O)c1ccc(F)c(Cl)c1. The van der Waals surface area contributed by atoms with Crippen LogP contribution in [0.15, 0.2) is 18.2 Å². The van der Waals surface area contributed by atoms with Crippen molar-refractivity contribution in [3.63, 3.8) is 0 Å². The number of thioether (sulfide) groups is 1. The van der Waals surface area contributed by atoms with Gasteiger partial charge in [-0.3, -0.25) is 4.79 Å². The highest BCUT2D eigenvalue weighted by atomic mass is 35.5. The molecule has 0 unspecified atom stereocenters. The Morgan fingerprint density at radius 2 is 2.39 bits per heavy atom. The number of hydrogen-bond acceptors (Lipinski definition) is 3. The predicted octanol–water partition coefficient (Wildman–Crippen LogP) is 2.56. The maximum atomic E-state index is 13.0. The first kappa shape index (κ1) is 13.2. The second-order valence-electron chi connectivity index (χ2n) is 3.85. The van der Waals surface area contributed by atoms with Crippen LogP contribution < -0.4 is 0 Å². The minimum atomic E-state index is -0.556. The van der Waals surface area contributed by atoms with Crippen LogP contribution in [0.4, 0.5) is 4.39 Å². The lowest BCUT2D eigenvalue weighted by molar-refractivity contribution is 0.0737. The maximum Gasteiger partial charge on any atom is 0.255 e. The van der Waals surface area contributed by atoms with Crippen LogP contribution in [0.2, 0.25) is 5.02 Å². The first-order valence-electron chi connectivity index (χ1n) is 5.37. The molecular weight excluding hydrogens is 275 g/mol. The van der Waals surface area contributed by atoms with E-state index in [0.29, 0.717) is 17.9 Å². The zero-order valence-electron chi connectivity index (χ0n) is 9.40. The molecule has 2 rings (SSSR count). The second-order valence-corrected chi connectivity index (χ2v) is 5.40. The number of hydrogen-bond donors (Lipinski definition) is 0. The highest BCUT2D eigenvalue weighted by Gasteiger charge is 2.27. The van der Waals surface area contributed by atoms with Crippen molar-refractivity contribution in [1.82, 2.24) is 4.90 Å². The Morgan fingerprint density at radius 1 is 1.61 bits per heavy atom. The molecule has 1 aromatic rings. The van der Waals surface area contributed by atoms with Crippen molar-refractivity contribution < 1.29 is 9.18 Å². The van der Waals surface area contributed by atoms with Gasteiger partial charge in [0.25, 0.3) is 5.91 Å². The van der Waals surface area contributed by atoms with Crippen LogP contribution in [0.3, 0.4) is 0 Å². The molecule has 0 saturated carbocycles. The molecular formula is C12H10ClFN2OS. The van der Waals surface area contributed by atoms with Gasteiger partial charge >= 0.3 is 0 Å². The third-order valence-corrected chi connectivity index (χ3v) is 4.02. The van der Waals surface area contributed by atoms with Crippen molar-refractivity contribution in [2.24, 2.45) is 0 Å². The average Bonchev–Trinajstić information content (AvgIpc) is 2.41. The van der Waals surface area contributed by atoms with Gasteiger partial charge < -0.3 is 4.90 Å². The van der Waals surface area contributed by atoms with Crippen molar-refractivity contribution in [2.75, 3.05) is 18.1 Å². The van der Waals surface area contributed by atoms with Crippen LogP contribution >= 0.6 is 23.4 Å². The Kier molecular flexibility index (Phi) is 4.10. The fourth-order valence-electron chi connectivity index (χ4n) is 1.75. The van der Waals surface area contributed by atoms with Gasteiger partial charge in [0, 0.05) is 23.6 Å². The smallest absolute Gasteiger partial charge is 0.255 e. The molecule has 18 heavy (non-hydrogen) atoms. The fraction of sp³-hybridized carbons (Fsp3) is 0.333. The molecule has 0 N–H and O–H groups in total. The van der Waals surface area contributed by atoms with Crippen molar-refractivity contribution in [1.29, 1.82) is 5.26 Å². The second kappa shape index (κ2) is 5.59. The van der Waals surface area contributed by atoms with Gasteiger partial charge in [0.05, 0.1) is 11.1 Å². The van der Waals surface area contributed by atoms with Gasteiger partial charge in [-0.05, 0) is 18.2 Å². The highest BCUT2D eigenvalue weighted by Crippen LogP contribution is 2.21. The standard InChI is InChI=1S/C12H10ClFN2OS/c13-10-5-8(1-2-11(10)14)12(17)16-3-4-18-7-9(16)6-15/h1-2,5,9H,3-4,7H2/t9-/m0/s1. The van der Waals surface area contributed by atoms with Gasteiger partial charge in [-0.2, -0.15) is 17.0 Å². The van der Waals surface area contributed by atoms with E-state index in [9.17, 15) is 9.18 Å². The topological polar surface area (TPSA) is 44.1 Å². The Hall–Kier alpha value is -1.25. The number of carbonyl (C=O) groups excluding carboxylic acids is 1. The fourth-order valence-corrected chi connectivity index (χ4v) is 2.90. The minimum Gasteiger partial charge on any atom is -0.321 e. The van der Waals surface area contributed by atoms with Crippen LogP contribution in [0, 0.1) is 17.1 Å². The molecule has 1 heterocycles. The summed E-state index contributed by atoms with van der Waals surface area (Å²) < 4.78 is 13.0. The molecule has 0 spiro atoms. The van der Waals surface area contributed by atoms with Crippen LogP contribution in [-0.2, 0) is 0 Å². The molecule has 1 aromatic carbocycles. The Labute approximate surface area is 114 Å². The summed E-state index contributed by atoms with van der Waals surface area (Å²) >= 11 is 7.30. The molecule has 94 valence electrons. The summed E-state index contributed by atoms with van der Waals surface area (Å²) in [6.07, 6.45) is 0. The number of halogens is 2. The molecule has 1 fully saturated rings. The normalized spacial score (nSPS) is 19.4. The van der Waals surface area contributed by atoms with Crippen LogP contribution in [-0.4, -0.2) is 34.9 Å². The summed E-state index contributed by atoms with van der Waals surface area (Å²) in [7, 11) is 0. The summed E-state index contributed by atoms with van der Waals surface area (Å²) in [5.74, 6) is 0.582. The molecule has 0 bridgehead atoms. The number of benzene rings is 1. The molecule has 1 aliphatic heterocycles. The number of carbonyl (C=O) groups is 1. The third kappa shape index (κ3) is 2.60. The van der Waals surface area contributed by atoms with Gasteiger partial charge in [-0.25, -0.2) is 4.39 Å². The van der Waals surface area contributed by atoms with Gasteiger partial charge in [0.15, 0.2) is 0 Å². The number of rotatable bonds is 1. The van der Waals surface area contributed by atoms with E-state index in [1.54, 1.807) is 11.8 Å². The van der Waals surface area contributed by atoms with E-state index in [2.05, 4.69) is 6.07 Å². The first-order valence-corrected chi connectivity index (χ1v) is 6.90. The van der Waals surface area contributed by atoms with Gasteiger partial charge in [0.1, 0.15) is 11.9 Å². The monoisotopic (exact) mass is 284 g/mol. The number of nitriles is 1. The first-order chi connectivity index (χ1) is 8.63. The molecule has 3 nitrogen and oxygen atoms in total. The number of nitrogens with zero attached hydrogens (tertiary/aromatic N) is 2. The van der Waals surface area contributed by atoms with Crippen LogP contribution in [0.5, 0.6) is 0 Å². The molecule has 1 atom stereocenters. The van der Waals surface area contributed by atoms with Gasteiger partial charge in [-0.1, -0.05) is 11.6 Å². The lowest BCUT2D eigenvalue weighted by Gasteiger charge is -2.31. The van der Waals surface area contributed by atoms with Gasteiger partial charge in [0.2, 0.25) is 0 Å². The zero-order valence-corrected chi connectivity index (χ0v) is 11.0. The highest BCUT2D eigenvalue weighted by molar-refractivity contribution is 7.99. The third-order valence-electron chi connectivity index (χ3n) is 2.70. The zero-order chi connectivity index (χ0) is 13.1. The van der Waals surface area contributed by atoms with Crippen LogP contribution in [0.25, 0.3) is 0 Å². The molecule has 0 radical (unpaired) electrons. The summed E-state index contributed by atoms with van der Waals surface area (Å²) in [6.45, 7) is 0.525. The largest absolute Gasteiger partial charge is 0.321 e. The van der Waals surface area contributed by atoms with E-state index in [1.807, 2.05) is 0 Å². The van der Waals surface area contributed by atoms with Crippen molar-refractivity contribution in [3.8, 4) is 6.07 Å². The predicted molar refractivity (Wildman–Crippen MR) is 69.2 cm³/mol. The Balaban J connectivity index is 2.24. The van der Waals surface area contributed by atoms with Crippen molar-refractivity contribution >= 4 is 29.3 Å². The molecule has 0 aliphatic carbocycles. The summed E-state index contributed by atoms with van der Waals surface area (Å²) in [5.41, 5.74) is 0.313. The van der Waals surface area contributed by atoms with E-state index in [-0.39, 0.29) is 10.9 Å². The lowest BCUT2D eigenvalue weighted by atomic mass is 10.1. The number of amides is 1. The molecule has 0 aromatic heterocycles. The van der Waals surface area contributed by atoms with Crippen molar-refractivity contribution in [3.05, 3.63) is 34.6 Å². The lowest BCUT2D eigenvalue weighted by Crippen LogP contribution is -2.45. The Morgan fingerprint density at radius 3 is 3.06 bits per heavy atom.